The molecule has 2 rings (SSSR count). The van der Waals surface area contributed by atoms with Gasteiger partial charge in [0.2, 0.25) is 5.95 Å². The zero-order valence-corrected chi connectivity index (χ0v) is 11.2. The molecule has 1 aromatic heterocycles. The average Bonchev–Trinajstić information content (AvgIpc) is 2.42. The van der Waals surface area contributed by atoms with E-state index in [1.165, 1.54) is 32.4 Å². The van der Waals surface area contributed by atoms with Gasteiger partial charge < -0.3 is 15.0 Å². The molecule has 0 unspecified atom stereocenters. The van der Waals surface area contributed by atoms with Crippen molar-refractivity contribution in [2.45, 2.75) is 19.3 Å². The van der Waals surface area contributed by atoms with Gasteiger partial charge in [-0.2, -0.15) is 0 Å². The van der Waals surface area contributed by atoms with Crippen molar-refractivity contribution in [3.8, 4) is 5.75 Å². The van der Waals surface area contributed by atoms with Crippen molar-refractivity contribution < 1.29 is 4.74 Å². The first-order valence-corrected chi connectivity index (χ1v) is 6.56. The SMILES string of the molecule is COc1cnc(NCCC2CCN(C)CC2)nc1. The van der Waals surface area contributed by atoms with Gasteiger partial charge in [0.1, 0.15) is 0 Å². The van der Waals surface area contributed by atoms with Crippen molar-refractivity contribution >= 4 is 5.95 Å². The summed E-state index contributed by atoms with van der Waals surface area (Å²) < 4.78 is 5.02. The Hall–Kier alpha value is -1.36. The molecule has 0 atom stereocenters. The van der Waals surface area contributed by atoms with Gasteiger partial charge in [0.15, 0.2) is 5.75 Å². The van der Waals surface area contributed by atoms with E-state index in [1.807, 2.05) is 0 Å². The second-order valence-electron chi connectivity index (χ2n) is 4.91. The number of methoxy groups -OCH3 is 1. The molecule has 1 aliphatic heterocycles. The molecule has 0 radical (unpaired) electrons. The van der Waals surface area contributed by atoms with E-state index in [9.17, 15) is 0 Å². The molecule has 5 nitrogen and oxygen atoms in total. The minimum Gasteiger partial charge on any atom is -0.494 e. The number of piperidine rings is 1. The van der Waals surface area contributed by atoms with Crippen molar-refractivity contribution in [1.82, 2.24) is 14.9 Å². The van der Waals surface area contributed by atoms with E-state index in [-0.39, 0.29) is 0 Å². The van der Waals surface area contributed by atoms with Gasteiger partial charge in [-0.15, -0.1) is 0 Å². The molecule has 0 amide bonds. The largest absolute Gasteiger partial charge is 0.494 e. The quantitative estimate of drug-likeness (QED) is 0.860. The van der Waals surface area contributed by atoms with Crippen LogP contribution in [0.5, 0.6) is 5.75 Å². The molecule has 1 aromatic rings. The van der Waals surface area contributed by atoms with Gasteiger partial charge in [0.05, 0.1) is 19.5 Å². The molecule has 0 aromatic carbocycles. The number of nitrogens with zero attached hydrogens (tertiary/aromatic N) is 3. The van der Waals surface area contributed by atoms with Crippen LogP contribution in [0.4, 0.5) is 5.95 Å². The van der Waals surface area contributed by atoms with E-state index in [2.05, 4.69) is 27.2 Å². The molecule has 1 fully saturated rings. The zero-order valence-electron chi connectivity index (χ0n) is 11.2. The van der Waals surface area contributed by atoms with E-state index >= 15 is 0 Å². The van der Waals surface area contributed by atoms with E-state index < -0.39 is 0 Å². The summed E-state index contributed by atoms with van der Waals surface area (Å²) in [5.74, 6) is 2.21. The van der Waals surface area contributed by atoms with Crippen molar-refractivity contribution in [1.29, 1.82) is 0 Å². The third-order valence-electron chi connectivity index (χ3n) is 3.54. The fraction of sp³-hybridized carbons (Fsp3) is 0.692. The molecule has 5 heteroatoms. The molecule has 1 aliphatic rings. The molecule has 100 valence electrons. The van der Waals surface area contributed by atoms with Gasteiger partial charge >= 0.3 is 0 Å². The first-order valence-electron chi connectivity index (χ1n) is 6.56. The second-order valence-corrected chi connectivity index (χ2v) is 4.91. The van der Waals surface area contributed by atoms with Gasteiger partial charge in [-0.25, -0.2) is 9.97 Å². The smallest absolute Gasteiger partial charge is 0.222 e. The van der Waals surface area contributed by atoms with E-state index in [0.717, 1.165) is 12.5 Å². The highest BCUT2D eigenvalue weighted by Gasteiger charge is 2.15. The molecule has 0 spiro atoms. The Kier molecular flexibility index (Phi) is 4.75. The summed E-state index contributed by atoms with van der Waals surface area (Å²) in [5.41, 5.74) is 0. The highest BCUT2D eigenvalue weighted by Crippen LogP contribution is 2.19. The number of hydrogen-bond donors (Lipinski definition) is 1. The van der Waals surface area contributed by atoms with E-state index in [1.54, 1.807) is 19.5 Å². The number of likely N-dealkylation sites (tertiary alicyclic amines) is 1. The maximum Gasteiger partial charge on any atom is 0.222 e. The number of ether oxygens (including phenoxy) is 1. The summed E-state index contributed by atoms with van der Waals surface area (Å²) in [6.07, 6.45) is 7.18. The molecule has 1 saturated heterocycles. The highest BCUT2D eigenvalue weighted by molar-refractivity contribution is 5.26. The van der Waals surface area contributed by atoms with Gasteiger partial charge in [0, 0.05) is 6.54 Å². The van der Waals surface area contributed by atoms with E-state index in [0.29, 0.717) is 11.7 Å². The van der Waals surface area contributed by atoms with Gasteiger partial charge in [-0.3, -0.25) is 0 Å². The topological polar surface area (TPSA) is 50.3 Å². The van der Waals surface area contributed by atoms with Crippen LogP contribution in [0.25, 0.3) is 0 Å². The van der Waals surface area contributed by atoms with Crippen LogP contribution in [-0.4, -0.2) is 48.7 Å². The lowest BCUT2D eigenvalue weighted by atomic mass is 9.94. The van der Waals surface area contributed by atoms with Crippen molar-refractivity contribution in [2.24, 2.45) is 5.92 Å². The molecule has 0 aliphatic carbocycles. The Morgan fingerprint density at radius 1 is 1.33 bits per heavy atom. The van der Waals surface area contributed by atoms with Crippen LogP contribution in [0.1, 0.15) is 19.3 Å². The van der Waals surface area contributed by atoms with Crippen LogP contribution >= 0.6 is 0 Å². The van der Waals surface area contributed by atoms with Crippen LogP contribution < -0.4 is 10.1 Å². The molecular formula is C13H22N4O. The van der Waals surface area contributed by atoms with Crippen molar-refractivity contribution in [3.63, 3.8) is 0 Å². The Labute approximate surface area is 109 Å². The minimum atomic E-state index is 0.684. The van der Waals surface area contributed by atoms with Crippen LogP contribution in [-0.2, 0) is 0 Å². The summed E-state index contributed by atoms with van der Waals surface area (Å²) in [7, 11) is 3.81. The van der Waals surface area contributed by atoms with Crippen molar-refractivity contribution in [3.05, 3.63) is 12.4 Å². The van der Waals surface area contributed by atoms with Gasteiger partial charge in [-0.1, -0.05) is 0 Å². The maximum absolute atomic E-state index is 5.02. The predicted octanol–water partition coefficient (Wildman–Crippen LogP) is 1.63. The molecule has 0 bridgehead atoms. The normalized spacial score (nSPS) is 17.7. The first kappa shape index (κ1) is 13.1. The van der Waals surface area contributed by atoms with Crippen LogP contribution in [0.3, 0.4) is 0 Å². The number of nitrogens with one attached hydrogen (secondary N) is 1. The third-order valence-corrected chi connectivity index (χ3v) is 3.54. The van der Waals surface area contributed by atoms with Gasteiger partial charge in [0.25, 0.3) is 0 Å². The van der Waals surface area contributed by atoms with Gasteiger partial charge in [-0.05, 0) is 45.3 Å². The lowest BCUT2D eigenvalue weighted by molar-refractivity contribution is 0.215. The molecule has 1 N–H and O–H groups in total. The molecule has 0 saturated carbocycles. The average molecular weight is 250 g/mol. The Morgan fingerprint density at radius 3 is 2.61 bits per heavy atom. The van der Waals surface area contributed by atoms with Crippen molar-refractivity contribution in [2.75, 3.05) is 39.1 Å². The van der Waals surface area contributed by atoms with E-state index in [4.69, 9.17) is 4.74 Å². The summed E-state index contributed by atoms with van der Waals surface area (Å²) in [4.78, 5) is 10.8. The number of anilines is 1. The summed E-state index contributed by atoms with van der Waals surface area (Å²) in [6.45, 7) is 3.40. The highest BCUT2D eigenvalue weighted by atomic mass is 16.5. The molecule has 2 heterocycles. The maximum atomic E-state index is 5.02. The standard InChI is InChI=1S/C13H22N4O/c1-17-7-4-11(5-8-17)3-6-14-13-15-9-12(18-2)10-16-13/h9-11H,3-8H2,1-2H3,(H,14,15,16). The van der Waals surface area contributed by atoms with Crippen LogP contribution in [0.15, 0.2) is 12.4 Å². The predicted molar refractivity (Wildman–Crippen MR) is 71.9 cm³/mol. The fourth-order valence-electron chi connectivity index (χ4n) is 2.25. The fourth-order valence-corrected chi connectivity index (χ4v) is 2.25. The monoisotopic (exact) mass is 250 g/mol. The first-order chi connectivity index (χ1) is 8.78. The Bertz CT molecular complexity index is 347. The number of aromatic nitrogens is 2. The van der Waals surface area contributed by atoms with Crippen LogP contribution in [0.2, 0.25) is 0 Å². The second kappa shape index (κ2) is 6.54. The number of rotatable bonds is 5. The third kappa shape index (κ3) is 3.84. The lowest BCUT2D eigenvalue weighted by Gasteiger charge is -2.28. The molecule has 18 heavy (non-hydrogen) atoms. The number of hydrogen-bond acceptors (Lipinski definition) is 5. The minimum absolute atomic E-state index is 0.684. The zero-order chi connectivity index (χ0) is 12.8. The summed E-state index contributed by atoms with van der Waals surface area (Å²) in [6, 6.07) is 0. The summed E-state index contributed by atoms with van der Waals surface area (Å²) in [5, 5.41) is 3.26. The summed E-state index contributed by atoms with van der Waals surface area (Å²) >= 11 is 0. The Morgan fingerprint density at radius 2 is 2.00 bits per heavy atom. The lowest BCUT2D eigenvalue weighted by Crippen LogP contribution is -2.30. The Balaban J connectivity index is 1.68. The molecular weight excluding hydrogens is 228 g/mol. The van der Waals surface area contributed by atoms with Crippen LogP contribution in [0, 0.1) is 5.92 Å².